The molecule has 0 saturated heterocycles. The number of H-pyrrole nitrogens is 1. The number of hydrogen-bond acceptors (Lipinski definition) is 5. The molecule has 4 rings (SSSR count). The first-order chi connectivity index (χ1) is 11.7. The van der Waals surface area contributed by atoms with Gasteiger partial charge in [-0.15, -0.1) is 0 Å². The summed E-state index contributed by atoms with van der Waals surface area (Å²) in [5.74, 6) is 1.07. The molecule has 2 heterocycles. The third-order valence-corrected chi connectivity index (χ3v) is 4.45. The molecule has 122 valence electrons. The molecule has 0 spiro atoms. The van der Waals surface area contributed by atoms with Crippen LogP contribution in [0.3, 0.4) is 0 Å². The van der Waals surface area contributed by atoms with Gasteiger partial charge in [0.25, 0.3) is 0 Å². The molecule has 2 N–H and O–H groups in total. The summed E-state index contributed by atoms with van der Waals surface area (Å²) >= 11 is 0. The van der Waals surface area contributed by atoms with Gasteiger partial charge in [0, 0.05) is 19.5 Å². The zero-order chi connectivity index (χ0) is 16.5. The second-order valence-electron chi connectivity index (χ2n) is 6.06. The highest BCUT2D eigenvalue weighted by atomic mass is 16.2. The average molecular weight is 322 g/mol. The molecule has 0 fully saturated rings. The van der Waals surface area contributed by atoms with Gasteiger partial charge in [-0.05, 0) is 17.5 Å². The Bertz CT molecular complexity index is 889. The number of aromatic nitrogens is 4. The topological polar surface area (TPSA) is 86.8 Å². The summed E-state index contributed by atoms with van der Waals surface area (Å²) in [6, 6.07) is 8.38. The van der Waals surface area contributed by atoms with Gasteiger partial charge < -0.3 is 15.2 Å². The Balaban J connectivity index is 1.36. The van der Waals surface area contributed by atoms with Crippen LogP contribution in [0.1, 0.15) is 17.0 Å². The molecule has 1 aromatic carbocycles. The van der Waals surface area contributed by atoms with Crippen molar-refractivity contribution < 1.29 is 4.79 Å². The number of likely N-dealkylation sites (N-methyl/N-ethyl adjacent to an activating group) is 1. The van der Waals surface area contributed by atoms with Gasteiger partial charge in [0.05, 0.1) is 12.9 Å². The summed E-state index contributed by atoms with van der Waals surface area (Å²) in [7, 11) is 1.83. The van der Waals surface area contributed by atoms with Gasteiger partial charge in [0.2, 0.25) is 5.91 Å². The number of amides is 1. The Labute approximate surface area is 139 Å². The number of anilines is 1. The van der Waals surface area contributed by atoms with Gasteiger partial charge in [-0.25, -0.2) is 15.0 Å². The van der Waals surface area contributed by atoms with E-state index in [-0.39, 0.29) is 12.5 Å². The second-order valence-corrected chi connectivity index (χ2v) is 6.06. The molecule has 7 nitrogen and oxygen atoms in total. The Morgan fingerprint density at radius 1 is 1.33 bits per heavy atom. The maximum atomic E-state index is 12.2. The van der Waals surface area contributed by atoms with E-state index in [0.717, 1.165) is 11.9 Å². The Morgan fingerprint density at radius 3 is 3.08 bits per heavy atom. The molecular formula is C17H18N6O. The van der Waals surface area contributed by atoms with Gasteiger partial charge in [-0.2, -0.15) is 0 Å². The van der Waals surface area contributed by atoms with Crippen molar-refractivity contribution in [3.63, 3.8) is 0 Å². The molecule has 1 atom stereocenters. The smallest absolute Gasteiger partial charge is 0.239 e. The number of carbonyl (C=O) groups is 1. The molecular weight excluding hydrogens is 304 g/mol. The van der Waals surface area contributed by atoms with Crippen LogP contribution in [0.2, 0.25) is 0 Å². The third-order valence-electron chi connectivity index (χ3n) is 4.45. The predicted molar refractivity (Wildman–Crippen MR) is 90.9 cm³/mol. The molecule has 3 aromatic rings. The van der Waals surface area contributed by atoms with Crippen LogP contribution in [-0.4, -0.2) is 46.0 Å². The number of nitrogens with zero attached hydrogens (tertiary/aromatic N) is 4. The highest BCUT2D eigenvalue weighted by molar-refractivity contribution is 5.87. The van der Waals surface area contributed by atoms with E-state index in [2.05, 4.69) is 43.5 Å². The summed E-state index contributed by atoms with van der Waals surface area (Å²) in [6.45, 7) is 0.909. The number of nitrogens with one attached hydrogen (secondary N) is 2. The third kappa shape index (κ3) is 2.58. The van der Waals surface area contributed by atoms with E-state index in [0.29, 0.717) is 23.9 Å². The second kappa shape index (κ2) is 5.92. The molecule has 1 unspecified atom stereocenters. The fraction of sp³-hybridized carbons (Fsp3) is 0.294. The van der Waals surface area contributed by atoms with E-state index in [4.69, 9.17) is 0 Å². The zero-order valence-electron chi connectivity index (χ0n) is 13.4. The highest BCUT2D eigenvalue weighted by Crippen LogP contribution is 2.33. The molecule has 1 amide bonds. The van der Waals surface area contributed by atoms with E-state index in [1.165, 1.54) is 17.5 Å². The Hall–Kier alpha value is -2.96. The predicted octanol–water partition coefficient (Wildman–Crippen LogP) is 1.25. The first-order valence-electron chi connectivity index (χ1n) is 7.92. The van der Waals surface area contributed by atoms with Crippen molar-refractivity contribution in [3.8, 4) is 0 Å². The van der Waals surface area contributed by atoms with Crippen LogP contribution in [0.15, 0.2) is 36.9 Å². The fourth-order valence-electron chi connectivity index (χ4n) is 3.17. The summed E-state index contributed by atoms with van der Waals surface area (Å²) in [5.41, 5.74) is 4.07. The number of rotatable bonds is 5. The van der Waals surface area contributed by atoms with Gasteiger partial charge in [0.15, 0.2) is 11.5 Å². The number of benzene rings is 1. The van der Waals surface area contributed by atoms with Crippen LogP contribution in [0.4, 0.5) is 5.82 Å². The number of imidazole rings is 1. The lowest BCUT2D eigenvalue weighted by Gasteiger charge is -2.30. The number of carbonyl (C=O) groups excluding carboxylic acids is 1. The van der Waals surface area contributed by atoms with E-state index in [9.17, 15) is 4.79 Å². The van der Waals surface area contributed by atoms with E-state index in [1.54, 1.807) is 11.2 Å². The lowest BCUT2D eigenvalue weighted by atomic mass is 9.77. The molecule has 24 heavy (non-hydrogen) atoms. The number of aromatic amines is 1. The molecule has 7 heteroatoms. The standard InChI is InChI=1S/C17H18N6O/c1-23(17-15-16(20-9-19-15)21-10-22-17)8-14(24)18-7-12-6-11-4-2-3-5-13(11)12/h2-5,9-10,12H,6-8H2,1H3,(H,18,24)(H,19,20,21,22). The molecule has 0 bridgehead atoms. The maximum absolute atomic E-state index is 12.2. The monoisotopic (exact) mass is 322 g/mol. The van der Waals surface area contributed by atoms with Crippen molar-refractivity contribution in [1.29, 1.82) is 0 Å². The number of fused-ring (bicyclic) bond motifs is 2. The minimum atomic E-state index is -0.0202. The van der Waals surface area contributed by atoms with E-state index in [1.807, 2.05) is 13.1 Å². The van der Waals surface area contributed by atoms with E-state index < -0.39 is 0 Å². The van der Waals surface area contributed by atoms with Gasteiger partial charge in [-0.3, -0.25) is 4.79 Å². The molecule has 1 aliphatic rings. The lowest BCUT2D eigenvalue weighted by Crippen LogP contribution is -2.39. The molecule has 0 radical (unpaired) electrons. The lowest BCUT2D eigenvalue weighted by molar-refractivity contribution is -0.119. The van der Waals surface area contributed by atoms with Crippen molar-refractivity contribution in [1.82, 2.24) is 25.3 Å². The summed E-state index contributed by atoms with van der Waals surface area (Å²) in [4.78, 5) is 29.5. The summed E-state index contributed by atoms with van der Waals surface area (Å²) in [6.07, 6.45) is 4.07. The Kier molecular flexibility index (Phi) is 3.60. The van der Waals surface area contributed by atoms with Crippen LogP contribution in [-0.2, 0) is 11.2 Å². The first-order valence-corrected chi connectivity index (χ1v) is 7.92. The highest BCUT2D eigenvalue weighted by Gasteiger charge is 2.25. The van der Waals surface area contributed by atoms with E-state index >= 15 is 0 Å². The van der Waals surface area contributed by atoms with Crippen LogP contribution in [0, 0.1) is 0 Å². The molecule has 0 aliphatic heterocycles. The van der Waals surface area contributed by atoms with Crippen molar-refractivity contribution in [2.45, 2.75) is 12.3 Å². The van der Waals surface area contributed by atoms with Gasteiger partial charge in [0.1, 0.15) is 11.8 Å². The summed E-state index contributed by atoms with van der Waals surface area (Å²) < 4.78 is 0. The van der Waals surface area contributed by atoms with Gasteiger partial charge >= 0.3 is 0 Å². The fourth-order valence-corrected chi connectivity index (χ4v) is 3.17. The van der Waals surface area contributed by atoms with Crippen LogP contribution in [0.5, 0.6) is 0 Å². The van der Waals surface area contributed by atoms with Crippen LogP contribution >= 0.6 is 0 Å². The summed E-state index contributed by atoms with van der Waals surface area (Å²) in [5, 5.41) is 3.02. The first kappa shape index (κ1) is 14.6. The molecule has 1 aliphatic carbocycles. The van der Waals surface area contributed by atoms with Crippen LogP contribution in [0.25, 0.3) is 11.2 Å². The maximum Gasteiger partial charge on any atom is 0.239 e. The van der Waals surface area contributed by atoms with Crippen molar-refractivity contribution in [2.24, 2.45) is 0 Å². The molecule has 0 saturated carbocycles. The van der Waals surface area contributed by atoms with Crippen molar-refractivity contribution in [3.05, 3.63) is 48.0 Å². The Morgan fingerprint density at radius 2 is 2.21 bits per heavy atom. The average Bonchev–Trinajstić information content (AvgIpc) is 3.04. The minimum absolute atomic E-state index is 0.0202. The minimum Gasteiger partial charge on any atom is -0.354 e. The quantitative estimate of drug-likeness (QED) is 0.738. The normalized spacial score (nSPS) is 15.6. The number of hydrogen-bond donors (Lipinski definition) is 2. The van der Waals surface area contributed by atoms with Gasteiger partial charge in [-0.1, -0.05) is 24.3 Å². The largest absolute Gasteiger partial charge is 0.354 e. The molecule has 2 aromatic heterocycles. The van der Waals surface area contributed by atoms with Crippen LogP contribution < -0.4 is 10.2 Å². The van der Waals surface area contributed by atoms with Crippen molar-refractivity contribution >= 4 is 22.9 Å². The SMILES string of the molecule is CN(CC(=O)NCC1Cc2ccccc21)c1ncnc2nc[nH]c12. The van der Waals surface area contributed by atoms with Crippen molar-refractivity contribution in [2.75, 3.05) is 25.0 Å². The zero-order valence-corrected chi connectivity index (χ0v) is 13.4.